The Morgan fingerprint density at radius 1 is 1.19 bits per heavy atom. The van der Waals surface area contributed by atoms with Gasteiger partial charge in [0.25, 0.3) is 5.91 Å². The normalized spacial score (nSPS) is 21.4. The van der Waals surface area contributed by atoms with Crippen LogP contribution in [0.15, 0.2) is 41.3 Å². The second-order valence-electron chi connectivity index (χ2n) is 8.67. The first-order valence-electron chi connectivity index (χ1n) is 11.0. The van der Waals surface area contributed by atoms with Gasteiger partial charge in [-0.3, -0.25) is 9.48 Å². The molecule has 1 amide bonds. The van der Waals surface area contributed by atoms with Crippen LogP contribution in [0.3, 0.4) is 0 Å². The highest BCUT2D eigenvalue weighted by Crippen LogP contribution is 2.42. The molecule has 168 valence electrons. The number of nitrogens with one attached hydrogen (secondary N) is 1. The molecule has 1 aliphatic carbocycles. The number of hydrogen-bond donors (Lipinski definition) is 1. The summed E-state index contributed by atoms with van der Waals surface area (Å²) in [6, 6.07) is 10.4. The lowest BCUT2D eigenvalue weighted by molar-refractivity contribution is 0.0964. The molecule has 5 rings (SSSR count). The number of sulfonamides is 1. The highest BCUT2D eigenvalue weighted by Gasteiger charge is 2.38. The molecular weight excluding hydrogens is 426 g/mol. The van der Waals surface area contributed by atoms with Gasteiger partial charge in [0.2, 0.25) is 0 Å². The number of fused-ring (bicyclic) bond motifs is 1. The molecule has 2 atom stereocenters. The Labute approximate surface area is 188 Å². The first kappa shape index (κ1) is 21.2. The van der Waals surface area contributed by atoms with E-state index in [4.69, 9.17) is 10.1 Å². The van der Waals surface area contributed by atoms with Crippen LogP contribution in [0.1, 0.15) is 59.3 Å². The number of piperidine rings is 1. The van der Waals surface area contributed by atoms with Crippen LogP contribution in [0.25, 0.3) is 11.0 Å². The molecule has 2 fully saturated rings. The lowest BCUT2D eigenvalue weighted by Gasteiger charge is -2.33. The lowest BCUT2D eigenvalue weighted by atomic mass is 9.92. The van der Waals surface area contributed by atoms with Gasteiger partial charge in [-0.15, -0.1) is 4.31 Å². The summed E-state index contributed by atoms with van der Waals surface area (Å²) >= 11 is 0. The summed E-state index contributed by atoms with van der Waals surface area (Å²) in [5.74, 6) is 0.128. The number of aromatic nitrogens is 3. The van der Waals surface area contributed by atoms with Crippen molar-refractivity contribution < 1.29 is 13.6 Å². The fraction of sp³-hybridized carbons (Fsp3) is 0.435. The zero-order chi connectivity index (χ0) is 22.5. The number of aryl methyl sites for hydroxylation is 1. The first-order valence-corrected chi connectivity index (χ1v) is 12.5. The molecule has 1 aromatic carbocycles. The first-order chi connectivity index (χ1) is 15.4. The number of rotatable bonds is 5. The van der Waals surface area contributed by atoms with E-state index in [9.17, 15) is 13.6 Å². The number of carbonyl (C=O) groups excluding carboxylic acids is 1. The van der Waals surface area contributed by atoms with Crippen molar-refractivity contribution in [1.29, 1.82) is 0 Å². The van der Waals surface area contributed by atoms with Gasteiger partial charge < -0.3 is 9.87 Å². The van der Waals surface area contributed by atoms with Crippen LogP contribution in [-0.2, 0) is 21.7 Å². The average molecular weight is 454 g/mol. The van der Waals surface area contributed by atoms with Crippen molar-refractivity contribution in [2.75, 3.05) is 20.1 Å². The SMILES string of the molecule is CNC(=O)c1cc(C2CC2)nc2c1c(C1CCCN([S+](=O)([O-])c3ccccc3)C1)nn2C. The molecule has 1 saturated carbocycles. The quantitative estimate of drug-likeness (QED) is 0.598. The standard InChI is InChI=1S/C23H27N5O3S/c1-24-23(29)18-13-19(15-10-11-15)25-22-20(18)21(26-27(22)2)16-7-6-12-28(14-16)32(30,31)17-8-4-3-5-9-17/h3-5,8-9,13,15-16H,6-7,10-12,14H2,1-2H3,(H-,24,29,30,31). The van der Waals surface area contributed by atoms with Crippen LogP contribution in [0.5, 0.6) is 0 Å². The van der Waals surface area contributed by atoms with Crippen LogP contribution < -0.4 is 5.32 Å². The molecule has 0 bridgehead atoms. The third kappa shape index (κ3) is 3.64. The van der Waals surface area contributed by atoms with Crippen molar-refractivity contribution in [3.05, 3.63) is 53.3 Å². The van der Waals surface area contributed by atoms with E-state index >= 15 is 0 Å². The summed E-state index contributed by atoms with van der Waals surface area (Å²) in [5, 5.41) is 8.23. The summed E-state index contributed by atoms with van der Waals surface area (Å²) in [5.41, 5.74) is 2.95. The smallest absolute Gasteiger partial charge is 0.251 e. The van der Waals surface area contributed by atoms with Crippen molar-refractivity contribution >= 4 is 27.3 Å². The summed E-state index contributed by atoms with van der Waals surface area (Å²) in [6.45, 7) is 0.811. The van der Waals surface area contributed by atoms with Crippen LogP contribution in [-0.4, -0.2) is 49.7 Å². The maximum absolute atomic E-state index is 13.2. The number of hydrogen-bond acceptors (Lipinski definition) is 5. The Morgan fingerprint density at radius 2 is 1.94 bits per heavy atom. The fourth-order valence-corrected chi connectivity index (χ4v) is 6.15. The third-order valence-corrected chi connectivity index (χ3v) is 8.34. The van der Waals surface area contributed by atoms with Gasteiger partial charge in [-0.2, -0.15) is 5.10 Å². The summed E-state index contributed by atoms with van der Waals surface area (Å²) in [6.07, 6.45) is 3.72. The Kier molecular flexibility index (Phi) is 5.35. The largest absolute Gasteiger partial charge is 0.593 e. The molecule has 0 spiro atoms. The van der Waals surface area contributed by atoms with Gasteiger partial charge in [-0.05, 0) is 43.9 Å². The van der Waals surface area contributed by atoms with Crippen molar-refractivity contribution in [3.63, 3.8) is 0 Å². The van der Waals surface area contributed by atoms with Gasteiger partial charge in [-0.1, -0.05) is 22.4 Å². The zero-order valence-electron chi connectivity index (χ0n) is 18.3. The number of amides is 1. The van der Waals surface area contributed by atoms with E-state index in [2.05, 4.69) is 5.32 Å². The van der Waals surface area contributed by atoms with E-state index in [0.29, 0.717) is 35.1 Å². The molecule has 9 heteroatoms. The van der Waals surface area contributed by atoms with E-state index in [0.717, 1.165) is 42.5 Å². The minimum atomic E-state index is -3.59. The van der Waals surface area contributed by atoms with E-state index in [1.165, 1.54) is 0 Å². The molecule has 3 heterocycles. The van der Waals surface area contributed by atoms with Gasteiger partial charge in [0.15, 0.2) is 20.9 Å². The van der Waals surface area contributed by atoms with Crippen molar-refractivity contribution in [2.24, 2.45) is 7.05 Å². The molecule has 2 aliphatic rings. The van der Waals surface area contributed by atoms with Crippen molar-refractivity contribution in [3.8, 4) is 0 Å². The van der Waals surface area contributed by atoms with Crippen molar-refractivity contribution in [1.82, 2.24) is 24.4 Å². The van der Waals surface area contributed by atoms with E-state index in [-0.39, 0.29) is 11.8 Å². The van der Waals surface area contributed by atoms with Crippen LogP contribution >= 0.6 is 0 Å². The predicted octanol–water partition coefficient (Wildman–Crippen LogP) is 2.99. The molecule has 8 nitrogen and oxygen atoms in total. The van der Waals surface area contributed by atoms with Gasteiger partial charge in [0, 0.05) is 38.2 Å². The zero-order valence-corrected chi connectivity index (χ0v) is 19.1. The molecule has 2 unspecified atom stereocenters. The molecule has 1 aliphatic heterocycles. The average Bonchev–Trinajstić information content (AvgIpc) is 3.62. The summed E-state index contributed by atoms with van der Waals surface area (Å²) in [4.78, 5) is 17.9. The number of benzene rings is 1. The topological polar surface area (TPSA) is 103 Å². The van der Waals surface area contributed by atoms with Gasteiger partial charge in [0.05, 0.1) is 23.2 Å². The van der Waals surface area contributed by atoms with E-state index in [1.54, 1.807) is 46.4 Å². The second-order valence-corrected chi connectivity index (χ2v) is 10.6. The third-order valence-electron chi connectivity index (χ3n) is 6.46. The monoisotopic (exact) mass is 453 g/mol. The second kappa shape index (κ2) is 8.06. The molecule has 1 N–H and O–H groups in total. The predicted molar refractivity (Wildman–Crippen MR) is 121 cm³/mol. The van der Waals surface area contributed by atoms with Crippen LogP contribution in [0.2, 0.25) is 0 Å². The Bertz CT molecular complexity index is 1220. The Hall–Kier alpha value is -2.62. The molecule has 2 aromatic heterocycles. The fourth-order valence-electron chi connectivity index (χ4n) is 4.61. The van der Waals surface area contributed by atoms with Gasteiger partial charge in [-0.25, -0.2) is 4.98 Å². The minimum Gasteiger partial charge on any atom is -0.593 e. The Balaban J connectivity index is 1.56. The number of carbonyl (C=O) groups is 1. The maximum atomic E-state index is 13.2. The van der Waals surface area contributed by atoms with E-state index in [1.807, 2.05) is 13.1 Å². The number of nitrogens with zero attached hydrogens (tertiary/aromatic N) is 4. The summed E-state index contributed by atoms with van der Waals surface area (Å²) < 4.78 is 29.7. The Morgan fingerprint density at radius 3 is 2.62 bits per heavy atom. The molecular formula is C23H27N5O3S. The minimum absolute atomic E-state index is 0.108. The van der Waals surface area contributed by atoms with Gasteiger partial charge >= 0.3 is 0 Å². The highest BCUT2D eigenvalue weighted by atomic mass is 32.3. The maximum Gasteiger partial charge on any atom is 0.251 e. The molecule has 1 saturated heterocycles. The van der Waals surface area contributed by atoms with Gasteiger partial charge in [0.1, 0.15) is 0 Å². The van der Waals surface area contributed by atoms with Crippen molar-refractivity contribution in [2.45, 2.75) is 42.4 Å². The molecule has 0 radical (unpaired) electrons. The highest BCUT2D eigenvalue weighted by molar-refractivity contribution is 7.95. The molecule has 32 heavy (non-hydrogen) atoms. The van der Waals surface area contributed by atoms with Crippen LogP contribution in [0, 0.1) is 0 Å². The molecule has 3 aromatic rings. The van der Waals surface area contributed by atoms with E-state index < -0.39 is 10.4 Å². The lowest BCUT2D eigenvalue weighted by Crippen LogP contribution is -2.42. The van der Waals surface area contributed by atoms with Crippen LogP contribution in [0.4, 0.5) is 0 Å². The summed E-state index contributed by atoms with van der Waals surface area (Å²) in [7, 11) is -0.127. The number of pyridine rings is 1.